The quantitative estimate of drug-likeness (QED) is 0.727. The molecule has 2 heterocycles. The highest BCUT2D eigenvalue weighted by atomic mass is 16.3. The van der Waals surface area contributed by atoms with Crippen LogP contribution in [0.3, 0.4) is 0 Å². The molecule has 0 saturated heterocycles. The summed E-state index contributed by atoms with van der Waals surface area (Å²) >= 11 is 0. The number of pyridine rings is 2. The van der Waals surface area contributed by atoms with E-state index in [1.54, 1.807) is 36.5 Å². The van der Waals surface area contributed by atoms with Gasteiger partial charge >= 0.3 is 0 Å². The predicted octanol–water partition coefficient (Wildman–Crippen LogP) is 3.10. The molecule has 3 aromatic rings. The fourth-order valence-electron chi connectivity index (χ4n) is 1.97. The number of para-hydroxylation sites is 2. The Labute approximate surface area is 127 Å². The topological polar surface area (TPSA) is 75.1 Å². The molecule has 0 saturated carbocycles. The van der Waals surface area contributed by atoms with Gasteiger partial charge in [-0.05, 0) is 36.4 Å². The van der Waals surface area contributed by atoms with E-state index in [4.69, 9.17) is 0 Å². The molecule has 0 aliphatic heterocycles. The highest BCUT2D eigenvalue weighted by molar-refractivity contribution is 6.04. The summed E-state index contributed by atoms with van der Waals surface area (Å²) in [5.41, 5.74) is 2.21. The Morgan fingerprint density at radius 3 is 2.36 bits per heavy atom. The van der Waals surface area contributed by atoms with Gasteiger partial charge in [-0.1, -0.05) is 18.2 Å². The average Bonchev–Trinajstić information content (AvgIpc) is 2.58. The van der Waals surface area contributed by atoms with Crippen LogP contribution < -0.4 is 5.32 Å². The molecule has 5 heteroatoms. The van der Waals surface area contributed by atoms with Crippen molar-refractivity contribution in [3.8, 4) is 17.1 Å². The molecular weight excluding hydrogens is 278 g/mol. The summed E-state index contributed by atoms with van der Waals surface area (Å²) in [5.74, 6) is -0.310. The Morgan fingerprint density at radius 2 is 1.68 bits per heavy atom. The van der Waals surface area contributed by atoms with Crippen molar-refractivity contribution in [2.75, 3.05) is 5.32 Å². The smallest absolute Gasteiger partial charge is 0.257 e. The zero-order valence-corrected chi connectivity index (χ0v) is 11.6. The van der Waals surface area contributed by atoms with Crippen molar-refractivity contribution in [1.82, 2.24) is 9.97 Å². The van der Waals surface area contributed by atoms with Gasteiger partial charge in [0, 0.05) is 12.4 Å². The van der Waals surface area contributed by atoms with Gasteiger partial charge in [0.1, 0.15) is 5.75 Å². The monoisotopic (exact) mass is 291 g/mol. The number of benzene rings is 1. The minimum atomic E-state index is -0.332. The first-order valence-corrected chi connectivity index (χ1v) is 6.71. The summed E-state index contributed by atoms with van der Waals surface area (Å²) in [7, 11) is 0. The summed E-state index contributed by atoms with van der Waals surface area (Å²) in [5, 5.41) is 12.3. The highest BCUT2D eigenvalue weighted by Gasteiger charge is 2.09. The van der Waals surface area contributed by atoms with Crippen LogP contribution in [0.15, 0.2) is 67.0 Å². The van der Waals surface area contributed by atoms with E-state index in [0.717, 1.165) is 5.69 Å². The lowest BCUT2D eigenvalue weighted by Gasteiger charge is -2.07. The third-order valence-corrected chi connectivity index (χ3v) is 3.11. The van der Waals surface area contributed by atoms with Crippen LogP contribution in [0, 0.1) is 0 Å². The van der Waals surface area contributed by atoms with Crippen molar-refractivity contribution >= 4 is 11.6 Å². The first-order chi connectivity index (χ1) is 10.7. The summed E-state index contributed by atoms with van der Waals surface area (Å²) < 4.78 is 0. The molecule has 0 bridgehead atoms. The minimum absolute atomic E-state index is 0.0221. The molecule has 2 N–H and O–H groups in total. The Morgan fingerprint density at radius 1 is 0.909 bits per heavy atom. The number of amides is 1. The van der Waals surface area contributed by atoms with Crippen molar-refractivity contribution in [2.24, 2.45) is 0 Å². The van der Waals surface area contributed by atoms with Gasteiger partial charge in [0.15, 0.2) is 0 Å². The van der Waals surface area contributed by atoms with E-state index in [-0.39, 0.29) is 11.7 Å². The van der Waals surface area contributed by atoms with Crippen LogP contribution in [-0.4, -0.2) is 21.0 Å². The fraction of sp³-hybridized carbons (Fsp3) is 0. The number of rotatable bonds is 3. The van der Waals surface area contributed by atoms with E-state index in [0.29, 0.717) is 16.9 Å². The molecule has 0 radical (unpaired) electrons. The number of hydrogen-bond acceptors (Lipinski definition) is 4. The van der Waals surface area contributed by atoms with Gasteiger partial charge in [0.05, 0.1) is 22.6 Å². The third kappa shape index (κ3) is 2.93. The number of carbonyl (C=O) groups excluding carboxylic acids is 1. The van der Waals surface area contributed by atoms with E-state index in [1.807, 2.05) is 18.2 Å². The summed E-state index contributed by atoms with van der Waals surface area (Å²) in [6.45, 7) is 0. The lowest BCUT2D eigenvalue weighted by Crippen LogP contribution is -2.12. The fourth-order valence-corrected chi connectivity index (χ4v) is 1.97. The Bertz CT molecular complexity index is 787. The van der Waals surface area contributed by atoms with Crippen LogP contribution in [0.1, 0.15) is 10.4 Å². The molecule has 5 nitrogen and oxygen atoms in total. The SMILES string of the molecule is O=C(Nc1ccccc1O)c1ccc(-c2ccccn2)nc1. The number of phenols is 1. The molecule has 0 aliphatic rings. The number of nitrogens with zero attached hydrogens (tertiary/aromatic N) is 2. The van der Waals surface area contributed by atoms with Gasteiger partial charge in [-0.3, -0.25) is 14.8 Å². The Kier molecular flexibility index (Phi) is 3.78. The van der Waals surface area contributed by atoms with Gasteiger partial charge < -0.3 is 10.4 Å². The summed E-state index contributed by atoms with van der Waals surface area (Å²) in [6.07, 6.45) is 3.18. The maximum Gasteiger partial charge on any atom is 0.257 e. The molecular formula is C17H13N3O2. The summed E-state index contributed by atoms with van der Waals surface area (Å²) in [6, 6.07) is 15.5. The molecule has 0 aliphatic carbocycles. The van der Waals surface area contributed by atoms with Crippen LogP contribution in [0.4, 0.5) is 5.69 Å². The summed E-state index contributed by atoms with van der Waals surface area (Å²) in [4.78, 5) is 20.6. The molecule has 22 heavy (non-hydrogen) atoms. The number of carbonyl (C=O) groups is 1. The first kappa shape index (κ1) is 13.8. The van der Waals surface area contributed by atoms with Gasteiger partial charge in [-0.2, -0.15) is 0 Å². The number of anilines is 1. The van der Waals surface area contributed by atoms with E-state index in [2.05, 4.69) is 15.3 Å². The molecule has 0 unspecified atom stereocenters. The van der Waals surface area contributed by atoms with Crippen LogP contribution >= 0.6 is 0 Å². The first-order valence-electron chi connectivity index (χ1n) is 6.71. The van der Waals surface area contributed by atoms with Crippen molar-refractivity contribution in [3.63, 3.8) is 0 Å². The average molecular weight is 291 g/mol. The third-order valence-electron chi connectivity index (χ3n) is 3.11. The van der Waals surface area contributed by atoms with E-state index < -0.39 is 0 Å². The number of hydrogen-bond donors (Lipinski definition) is 2. The predicted molar refractivity (Wildman–Crippen MR) is 83.5 cm³/mol. The van der Waals surface area contributed by atoms with Gasteiger partial charge in [-0.25, -0.2) is 0 Å². The maximum atomic E-state index is 12.1. The maximum absolute atomic E-state index is 12.1. The van der Waals surface area contributed by atoms with E-state index in [9.17, 15) is 9.90 Å². The van der Waals surface area contributed by atoms with Crippen molar-refractivity contribution in [2.45, 2.75) is 0 Å². The van der Waals surface area contributed by atoms with Gasteiger partial charge in [0.25, 0.3) is 5.91 Å². The van der Waals surface area contributed by atoms with Crippen LogP contribution in [-0.2, 0) is 0 Å². The normalized spacial score (nSPS) is 10.2. The molecule has 0 spiro atoms. The minimum Gasteiger partial charge on any atom is -0.506 e. The molecule has 1 amide bonds. The number of aromatic hydroxyl groups is 1. The molecule has 0 fully saturated rings. The zero-order chi connectivity index (χ0) is 15.4. The standard InChI is InChI=1S/C17H13N3O2/c21-16-7-2-1-6-15(16)20-17(22)12-8-9-14(19-11-12)13-5-3-4-10-18-13/h1-11,21H,(H,20,22). The molecule has 2 aromatic heterocycles. The molecule has 0 atom stereocenters. The molecule has 1 aromatic carbocycles. The van der Waals surface area contributed by atoms with Gasteiger partial charge in [0.2, 0.25) is 0 Å². The van der Waals surface area contributed by atoms with Crippen LogP contribution in [0.2, 0.25) is 0 Å². The molecule has 3 rings (SSSR count). The van der Waals surface area contributed by atoms with Gasteiger partial charge in [-0.15, -0.1) is 0 Å². The second-order valence-electron chi connectivity index (χ2n) is 4.62. The number of nitrogens with one attached hydrogen (secondary N) is 1. The van der Waals surface area contributed by atoms with Crippen molar-refractivity contribution < 1.29 is 9.90 Å². The van der Waals surface area contributed by atoms with E-state index >= 15 is 0 Å². The van der Waals surface area contributed by atoms with Crippen molar-refractivity contribution in [1.29, 1.82) is 0 Å². The lowest BCUT2D eigenvalue weighted by atomic mass is 10.2. The Balaban J connectivity index is 1.78. The van der Waals surface area contributed by atoms with Crippen LogP contribution in [0.5, 0.6) is 5.75 Å². The number of phenolic OH excluding ortho intramolecular Hbond substituents is 1. The van der Waals surface area contributed by atoms with Crippen LogP contribution in [0.25, 0.3) is 11.4 Å². The second-order valence-corrected chi connectivity index (χ2v) is 4.62. The number of aromatic nitrogens is 2. The Hall–Kier alpha value is -3.21. The highest BCUT2D eigenvalue weighted by Crippen LogP contribution is 2.22. The largest absolute Gasteiger partial charge is 0.506 e. The second kappa shape index (κ2) is 6.05. The van der Waals surface area contributed by atoms with E-state index in [1.165, 1.54) is 12.3 Å². The van der Waals surface area contributed by atoms with Crippen molar-refractivity contribution in [3.05, 3.63) is 72.6 Å². The lowest BCUT2D eigenvalue weighted by molar-refractivity contribution is 0.102. The molecule has 108 valence electrons. The zero-order valence-electron chi connectivity index (χ0n) is 11.6.